The highest BCUT2D eigenvalue weighted by Crippen LogP contribution is 2.41. The Bertz CT molecular complexity index is 1160. The second kappa shape index (κ2) is 9.77. The Kier molecular flexibility index (Phi) is 6.94. The van der Waals surface area contributed by atoms with Crippen molar-refractivity contribution in [2.75, 3.05) is 45.3 Å². The molecule has 14 heteroatoms. The van der Waals surface area contributed by atoms with Crippen LogP contribution in [0.1, 0.15) is 11.6 Å². The number of hydrogen-bond acceptors (Lipinski definition) is 7. The van der Waals surface area contributed by atoms with E-state index in [1.54, 1.807) is 0 Å². The number of benzene rings is 1. The number of aromatic nitrogens is 3. The third-order valence-electron chi connectivity index (χ3n) is 5.26. The van der Waals surface area contributed by atoms with Crippen LogP contribution in [0.4, 0.5) is 38.0 Å². The molecule has 4 rings (SSSR count). The summed E-state index contributed by atoms with van der Waals surface area (Å²) < 4.78 is 95.0. The first-order valence-corrected chi connectivity index (χ1v) is 10.4. The molecule has 0 radical (unpaired) electrons. The molecule has 0 bridgehead atoms. The second-order valence-corrected chi connectivity index (χ2v) is 7.67. The van der Waals surface area contributed by atoms with Gasteiger partial charge in [0.25, 0.3) is 0 Å². The van der Waals surface area contributed by atoms with Crippen molar-refractivity contribution in [2.45, 2.75) is 18.4 Å². The fourth-order valence-corrected chi connectivity index (χ4v) is 3.77. The number of halogens is 6. The lowest BCUT2D eigenvalue weighted by atomic mass is 10.0. The van der Waals surface area contributed by atoms with Gasteiger partial charge in [-0.15, -0.1) is 0 Å². The van der Waals surface area contributed by atoms with E-state index in [4.69, 9.17) is 14.2 Å². The first-order valence-electron chi connectivity index (χ1n) is 10.4. The van der Waals surface area contributed by atoms with Gasteiger partial charge in [0.15, 0.2) is 6.61 Å². The third kappa shape index (κ3) is 5.88. The van der Waals surface area contributed by atoms with Gasteiger partial charge in [0.05, 0.1) is 31.4 Å². The highest BCUT2D eigenvalue weighted by Gasteiger charge is 2.45. The number of nitrogens with one attached hydrogen (secondary N) is 2. The predicted octanol–water partition coefficient (Wildman–Crippen LogP) is 4.59. The normalized spacial score (nSPS) is 16.3. The van der Waals surface area contributed by atoms with Crippen molar-refractivity contribution in [3.05, 3.63) is 36.0 Å². The zero-order valence-corrected chi connectivity index (χ0v) is 18.3. The molecule has 1 aliphatic rings. The minimum atomic E-state index is -4.57. The number of alkyl halides is 6. The van der Waals surface area contributed by atoms with E-state index < -0.39 is 25.0 Å². The van der Waals surface area contributed by atoms with Crippen LogP contribution in [0.2, 0.25) is 0 Å². The summed E-state index contributed by atoms with van der Waals surface area (Å²) in [4.78, 5) is 12.2. The number of morpholine rings is 1. The average molecular weight is 505 g/mol. The number of fused-ring (bicyclic) bond motifs is 1. The number of hydrogen-bond donors (Lipinski definition) is 2. The molecule has 1 fully saturated rings. The Morgan fingerprint density at radius 1 is 1.11 bits per heavy atom. The Hall–Kier alpha value is -3.26. The van der Waals surface area contributed by atoms with Gasteiger partial charge in [-0.05, 0) is 23.8 Å². The average Bonchev–Trinajstić information content (AvgIpc) is 3.26. The zero-order chi connectivity index (χ0) is 25.2. The van der Waals surface area contributed by atoms with Crippen molar-refractivity contribution in [2.24, 2.45) is 0 Å². The third-order valence-corrected chi connectivity index (χ3v) is 5.26. The van der Waals surface area contributed by atoms with Crippen molar-refractivity contribution >= 4 is 22.7 Å². The van der Waals surface area contributed by atoms with E-state index in [1.807, 2.05) is 0 Å². The molecule has 1 aliphatic heterocycles. The summed E-state index contributed by atoms with van der Waals surface area (Å²) in [5, 5.41) is 3.02. The highest BCUT2D eigenvalue weighted by atomic mass is 19.4. The predicted molar refractivity (Wildman–Crippen MR) is 113 cm³/mol. The molecular weight excluding hydrogens is 484 g/mol. The summed E-state index contributed by atoms with van der Waals surface area (Å²) >= 11 is 0. The summed E-state index contributed by atoms with van der Waals surface area (Å²) in [5.41, 5.74) is 0.392. The van der Waals surface area contributed by atoms with Gasteiger partial charge in [-0.25, -0.2) is 0 Å². The topological polar surface area (TPSA) is 84.5 Å². The van der Waals surface area contributed by atoms with E-state index in [-0.39, 0.29) is 66.2 Å². The van der Waals surface area contributed by atoms with E-state index in [1.165, 1.54) is 42.5 Å². The maximum atomic E-state index is 13.9. The quantitative estimate of drug-likeness (QED) is 0.455. The number of rotatable bonds is 7. The summed E-state index contributed by atoms with van der Waals surface area (Å²) in [5.74, 6) is -0.377. The monoisotopic (exact) mass is 505 g/mol. The SMILES string of the molecule is COc1cc(C(N2CCOCC2)C(F)(F)F)ccc1Nc1nc(OCC(F)(F)F)c2cc[nH]c2n1. The van der Waals surface area contributed by atoms with Crippen molar-refractivity contribution in [1.82, 2.24) is 19.9 Å². The van der Waals surface area contributed by atoms with Crippen LogP contribution in [0.25, 0.3) is 11.0 Å². The molecule has 3 aromatic rings. The van der Waals surface area contributed by atoms with E-state index >= 15 is 0 Å². The molecule has 1 unspecified atom stereocenters. The molecule has 35 heavy (non-hydrogen) atoms. The molecule has 1 atom stereocenters. The molecule has 2 N–H and O–H groups in total. The molecule has 2 aromatic heterocycles. The van der Waals surface area contributed by atoms with Gasteiger partial charge in [-0.3, -0.25) is 4.90 Å². The summed E-state index contributed by atoms with van der Waals surface area (Å²) in [6.45, 7) is -0.919. The number of H-pyrrole nitrogens is 1. The summed E-state index contributed by atoms with van der Waals surface area (Å²) in [6.07, 6.45) is -7.65. The Labute approximate surface area is 195 Å². The summed E-state index contributed by atoms with van der Waals surface area (Å²) in [6, 6.07) is 3.52. The summed E-state index contributed by atoms with van der Waals surface area (Å²) in [7, 11) is 1.29. The van der Waals surface area contributed by atoms with Crippen LogP contribution in [0.3, 0.4) is 0 Å². The smallest absolute Gasteiger partial charge is 0.422 e. The molecule has 0 amide bonds. The van der Waals surface area contributed by atoms with Gasteiger partial charge in [-0.1, -0.05) is 6.07 Å². The molecule has 3 heterocycles. The van der Waals surface area contributed by atoms with Gasteiger partial charge in [0, 0.05) is 19.3 Å². The molecule has 0 aliphatic carbocycles. The maximum Gasteiger partial charge on any atom is 0.422 e. The van der Waals surface area contributed by atoms with Crippen molar-refractivity contribution < 1.29 is 40.6 Å². The fourth-order valence-electron chi connectivity index (χ4n) is 3.77. The second-order valence-electron chi connectivity index (χ2n) is 7.67. The van der Waals surface area contributed by atoms with E-state index in [0.29, 0.717) is 0 Å². The first kappa shape index (κ1) is 24.9. The first-order chi connectivity index (χ1) is 16.5. The van der Waals surface area contributed by atoms with E-state index in [9.17, 15) is 26.3 Å². The van der Waals surface area contributed by atoms with Crippen LogP contribution < -0.4 is 14.8 Å². The Balaban J connectivity index is 1.63. The Morgan fingerprint density at radius 3 is 2.51 bits per heavy atom. The van der Waals surface area contributed by atoms with Crippen molar-refractivity contribution in [3.8, 4) is 11.6 Å². The van der Waals surface area contributed by atoms with Crippen molar-refractivity contribution in [3.63, 3.8) is 0 Å². The molecule has 0 spiro atoms. The fraction of sp³-hybridized carbons (Fsp3) is 0.429. The Morgan fingerprint density at radius 2 is 1.86 bits per heavy atom. The molecular formula is C21H21F6N5O3. The maximum absolute atomic E-state index is 13.9. The van der Waals surface area contributed by atoms with Crippen LogP contribution in [0.5, 0.6) is 11.6 Å². The number of ether oxygens (including phenoxy) is 3. The largest absolute Gasteiger partial charge is 0.495 e. The van der Waals surface area contributed by atoms with Crippen LogP contribution in [-0.4, -0.2) is 72.2 Å². The van der Waals surface area contributed by atoms with Crippen LogP contribution >= 0.6 is 0 Å². The van der Waals surface area contributed by atoms with E-state index in [2.05, 4.69) is 20.3 Å². The van der Waals surface area contributed by atoms with E-state index in [0.717, 1.165) is 0 Å². The van der Waals surface area contributed by atoms with Gasteiger partial charge >= 0.3 is 12.4 Å². The number of nitrogens with zero attached hydrogens (tertiary/aromatic N) is 3. The lowest BCUT2D eigenvalue weighted by Crippen LogP contribution is -2.44. The minimum Gasteiger partial charge on any atom is -0.495 e. The van der Waals surface area contributed by atoms with Gasteiger partial charge in [-0.2, -0.15) is 36.3 Å². The number of anilines is 2. The van der Waals surface area contributed by atoms with Gasteiger partial charge in [0.2, 0.25) is 11.8 Å². The highest BCUT2D eigenvalue weighted by molar-refractivity contribution is 5.82. The van der Waals surface area contributed by atoms with Gasteiger partial charge in [0.1, 0.15) is 17.4 Å². The molecule has 8 nitrogen and oxygen atoms in total. The number of methoxy groups -OCH3 is 1. The van der Waals surface area contributed by atoms with Crippen LogP contribution in [0, 0.1) is 0 Å². The van der Waals surface area contributed by atoms with Crippen LogP contribution in [-0.2, 0) is 4.74 Å². The minimum absolute atomic E-state index is 0.0308. The molecule has 1 saturated heterocycles. The lowest BCUT2D eigenvalue weighted by Gasteiger charge is -2.36. The van der Waals surface area contributed by atoms with Crippen molar-refractivity contribution in [1.29, 1.82) is 0 Å². The van der Waals surface area contributed by atoms with Crippen LogP contribution in [0.15, 0.2) is 30.5 Å². The number of aromatic amines is 1. The lowest BCUT2D eigenvalue weighted by molar-refractivity contribution is -0.194. The molecule has 190 valence electrons. The van der Waals surface area contributed by atoms with Gasteiger partial charge < -0.3 is 24.5 Å². The zero-order valence-electron chi connectivity index (χ0n) is 18.3. The standard InChI is InChI=1S/C21H21F6N5O3/c1-33-15-10-12(16(21(25,26)27)32-6-8-34-9-7-32)2-3-14(15)29-19-30-17-13(4-5-28-17)18(31-19)35-11-20(22,23)24/h2-5,10,16H,6-9,11H2,1H3,(H2,28,29,30,31). The molecule has 0 saturated carbocycles. The molecule has 1 aromatic carbocycles.